The molecule has 2 fully saturated rings. The summed E-state index contributed by atoms with van der Waals surface area (Å²) in [5.74, 6) is 0. The van der Waals surface area contributed by atoms with Gasteiger partial charge in [0.2, 0.25) is 0 Å². The summed E-state index contributed by atoms with van der Waals surface area (Å²) in [7, 11) is 0. The maximum absolute atomic E-state index is 3.79. The molecule has 0 bridgehead atoms. The summed E-state index contributed by atoms with van der Waals surface area (Å²) in [5, 5.41) is 7.57. The molecule has 0 heterocycles. The number of rotatable bonds is 4. The average molecular weight is 286 g/mol. The molecule has 3 rings (SSSR count). The molecule has 1 aromatic rings. The first-order valence-corrected chi connectivity index (χ1v) is 8.95. The Hall–Kier alpha value is -1.18. The normalized spacial score (nSPS) is 21.2. The van der Waals surface area contributed by atoms with E-state index in [1.807, 2.05) is 0 Å². The fraction of sp³-hybridized carbons (Fsp3) is 0.684. The third kappa shape index (κ3) is 3.93. The summed E-state index contributed by atoms with van der Waals surface area (Å²) in [4.78, 5) is 0. The Kier molecular flexibility index (Phi) is 5.05. The summed E-state index contributed by atoms with van der Waals surface area (Å²) in [5.41, 5.74) is 4.07. The van der Waals surface area contributed by atoms with Crippen molar-refractivity contribution >= 4 is 11.4 Å². The van der Waals surface area contributed by atoms with Crippen LogP contribution in [-0.2, 0) is 0 Å². The zero-order chi connectivity index (χ0) is 14.5. The van der Waals surface area contributed by atoms with Crippen molar-refractivity contribution in [1.82, 2.24) is 0 Å². The highest BCUT2D eigenvalue weighted by atomic mass is 15.0. The number of hydrogen-bond acceptors (Lipinski definition) is 2. The van der Waals surface area contributed by atoms with Crippen LogP contribution in [0.3, 0.4) is 0 Å². The molecule has 2 nitrogen and oxygen atoms in total. The minimum atomic E-state index is 0.683. The molecule has 0 aromatic heterocycles. The zero-order valence-corrected chi connectivity index (χ0v) is 13.5. The summed E-state index contributed by atoms with van der Waals surface area (Å²) in [6.45, 7) is 2.26. The molecule has 0 unspecified atom stereocenters. The minimum Gasteiger partial charge on any atom is -0.382 e. The van der Waals surface area contributed by atoms with Gasteiger partial charge in [-0.2, -0.15) is 0 Å². The van der Waals surface area contributed by atoms with Gasteiger partial charge in [0.1, 0.15) is 0 Å². The van der Waals surface area contributed by atoms with Crippen LogP contribution >= 0.6 is 0 Å². The molecule has 0 spiro atoms. The molecule has 2 aliphatic carbocycles. The third-order valence-corrected chi connectivity index (χ3v) is 5.26. The van der Waals surface area contributed by atoms with Gasteiger partial charge in [-0.1, -0.05) is 44.6 Å². The Bertz CT molecular complexity index is 405. The SMILES string of the molecule is Cc1c(NC2CCCCC2)cccc1NC1CCCCC1. The Labute approximate surface area is 129 Å². The molecule has 21 heavy (non-hydrogen) atoms. The van der Waals surface area contributed by atoms with Gasteiger partial charge in [0, 0.05) is 23.5 Å². The van der Waals surface area contributed by atoms with Crippen LogP contribution in [0.15, 0.2) is 18.2 Å². The van der Waals surface area contributed by atoms with E-state index in [9.17, 15) is 0 Å². The van der Waals surface area contributed by atoms with E-state index in [0.29, 0.717) is 12.1 Å². The molecular weight excluding hydrogens is 256 g/mol. The van der Waals surface area contributed by atoms with Crippen molar-refractivity contribution in [2.24, 2.45) is 0 Å². The van der Waals surface area contributed by atoms with Gasteiger partial charge in [-0.15, -0.1) is 0 Å². The highest BCUT2D eigenvalue weighted by molar-refractivity contribution is 5.65. The van der Waals surface area contributed by atoms with Gasteiger partial charge in [-0.3, -0.25) is 0 Å². The minimum absolute atomic E-state index is 0.683. The number of hydrogen-bond donors (Lipinski definition) is 2. The summed E-state index contributed by atoms with van der Waals surface area (Å²) in [6.07, 6.45) is 13.7. The van der Waals surface area contributed by atoms with Crippen LogP contribution in [0.1, 0.15) is 69.8 Å². The number of nitrogens with one attached hydrogen (secondary N) is 2. The first-order valence-electron chi connectivity index (χ1n) is 8.95. The van der Waals surface area contributed by atoms with Crippen molar-refractivity contribution in [1.29, 1.82) is 0 Å². The van der Waals surface area contributed by atoms with Crippen LogP contribution < -0.4 is 10.6 Å². The van der Waals surface area contributed by atoms with Crippen molar-refractivity contribution in [2.75, 3.05) is 10.6 Å². The van der Waals surface area contributed by atoms with Crippen molar-refractivity contribution in [3.8, 4) is 0 Å². The molecule has 0 aliphatic heterocycles. The molecular formula is C19H30N2. The smallest absolute Gasteiger partial charge is 0.0392 e. The van der Waals surface area contributed by atoms with E-state index in [-0.39, 0.29) is 0 Å². The maximum atomic E-state index is 3.79. The van der Waals surface area contributed by atoms with Crippen LogP contribution in [0.2, 0.25) is 0 Å². The van der Waals surface area contributed by atoms with Gasteiger partial charge in [-0.25, -0.2) is 0 Å². The lowest BCUT2D eigenvalue weighted by molar-refractivity contribution is 0.461. The average Bonchev–Trinajstić information content (AvgIpc) is 2.53. The summed E-state index contributed by atoms with van der Waals surface area (Å²) < 4.78 is 0. The largest absolute Gasteiger partial charge is 0.382 e. The first-order chi connectivity index (χ1) is 10.3. The van der Waals surface area contributed by atoms with E-state index in [1.165, 1.54) is 81.1 Å². The number of benzene rings is 1. The van der Waals surface area contributed by atoms with E-state index in [0.717, 1.165) is 0 Å². The van der Waals surface area contributed by atoms with Gasteiger partial charge >= 0.3 is 0 Å². The highest BCUT2D eigenvalue weighted by Gasteiger charge is 2.17. The molecule has 2 saturated carbocycles. The van der Waals surface area contributed by atoms with Crippen molar-refractivity contribution < 1.29 is 0 Å². The van der Waals surface area contributed by atoms with Gasteiger partial charge in [-0.05, 0) is 50.3 Å². The Morgan fingerprint density at radius 2 is 1.14 bits per heavy atom. The lowest BCUT2D eigenvalue weighted by Crippen LogP contribution is -2.24. The molecule has 0 amide bonds. The standard InChI is InChI=1S/C19H30N2/c1-15-18(20-16-9-4-2-5-10-16)13-8-14-19(15)21-17-11-6-3-7-12-17/h8,13-14,16-17,20-21H,2-7,9-12H2,1H3. The van der Waals surface area contributed by atoms with Crippen molar-refractivity contribution in [3.63, 3.8) is 0 Å². The van der Waals surface area contributed by atoms with Crippen molar-refractivity contribution in [2.45, 2.75) is 83.2 Å². The van der Waals surface area contributed by atoms with Crippen LogP contribution in [-0.4, -0.2) is 12.1 Å². The van der Waals surface area contributed by atoms with Gasteiger partial charge in [0.15, 0.2) is 0 Å². The molecule has 2 N–H and O–H groups in total. The Morgan fingerprint density at radius 1 is 0.714 bits per heavy atom. The predicted molar refractivity (Wildman–Crippen MR) is 92.2 cm³/mol. The fourth-order valence-electron chi connectivity index (χ4n) is 3.88. The van der Waals surface area contributed by atoms with E-state index < -0.39 is 0 Å². The summed E-state index contributed by atoms with van der Waals surface area (Å²) >= 11 is 0. The number of anilines is 2. The Morgan fingerprint density at radius 3 is 1.57 bits per heavy atom. The maximum Gasteiger partial charge on any atom is 0.0392 e. The van der Waals surface area contributed by atoms with Gasteiger partial charge < -0.3 is 10.6 Å². The van der Waals surface area contributed by atoms with E-state index in [2.05, 4.69) is 35.8 Å². The van der Waals surface area contributed by atoms with E-state index in [4.69, 9.17) is 0 Å². The topological polar surface area (TPSA) is 24.1 Å². The van der Waals surface area contributed by atoms with Crippen LogP contribution in [0, 0.1) is 6.92 Å². The van der Waals surface area contributed by atoms with Crippen molar-refractivity contribution in [3.05, 3.63) is 23.8 Å². The summed E-state index contributed by atoms with van der Waals surface area (Å²) in [6, 6.07) is 8.06. The molecule has 1 aromatic carbocycles. The van der Waals surface area contributed by atoms with Crippen LogP contribution in [0.4, 0.5) is 11.4 Å². The molecule has 0 radical (unpaired) electrons. The lowest BCUT2D eigenvalue weighted by atomic mass is 9.94. The van der Waals surface area contributed by atoms with Gasteiger partial charge in [0.05, 0.1) is 0 Å². The lowest BCUT2D eigenvalue weighted by Gasteiger charge is -2.27. The molecule has 2 aliphatic rings. The quantitative estimate of drug-likeness (QED) is 0.765. The molecule has 0 atom stereocenters. The molecule has 0 saturated heterocycles. The second-order valence-corrected chi connectivity index (χ2v) is 6.94. The monoisotopic (exact) mass is 286 g/mol. The van der Waals surface area contributed by atoms with E-state index >= 15 is 0 Å². The second-order valence-electron chi connectivity index (χ2n) is 6.94. The van der Waals surface area contributed by atoms with Crippen LogP contribution in [0.25, 0.3) is 0 Å². The first kappa shape index (κ1) is 14.7. The molecule has 116 valence electrons. The highest BCUT2D eigenvalue weighted by Crippen LogP contribution is 2.29. The zero-order valence-electron chi connectivity index (χ0n) is 13.5. The van der Waals surface area contributed by atoms with Gasteiger partial charge in [0.25, 0.3) is 0 Å². The molecule has 2 heteroatoms. The van der Waals surface area contributed by atoms with Crippen LogP contribution in [0.5, 0.6) is 0 Å². The predicted octanol–water partition coefficient (Wildman–Crippen LogP) is 5.48. The third-order valence-electron chi connectivity index (χ3n) is 5.26. The fourth-order valence-corrected chi connectivity index (χ4v) is 3.88. The van der Waals surface area contributed by atoms with E-state index in [1.54, 1.807) is 0 Å². The second kappa shape index (κ2) is 7.20. The Balaban J connectivity index is 1.65.